The molecule has 0 bridgehead atoms. The summed E-state index contributed by atoms with van der Waals surface area (Å²) in [5.74, 6) is 3.30. The van der Waals surface area contributed by atoms with E-state index >= 15 is 0 Å². The van der Waals surface area contributed by atoms with Gasteiger partial charge in [0.2, 0.25) is 0 Å². The van der Waals surface area contributed by atoms with Crippen molar-refractivity contribution in [3.05, 3.63) is 29.8 Å². The van der Waals surface area contributed by atoms with Gasteiger partial charge in [-0.3, -0.25) is 4.90 Å². The number of hydrogen-bond donors (Lipinski definition) is 1. The Morgan fingerprint density at radius 2 is 2.32 bits per heavy atom. The third kappa shape index (κ3) is 4.09. The second-order valence-electron chi connectivity index (χ2n) is 4.71. The van der Waals surface area contributed by atoms with Crippen molar-refractivity contribution in [2.75, 3.05) is 31.7 Å². The second kappa shape index (κ2) is 7.12. The molecule has 1 aromatic carbocycles. The minimum Gasteiger partial charge on any atom is -0.492 e. The van der Waals surface area contributed by atoms with Crippen molar-refractivity contribution in [1.29, 1.82) is 0 Å². The van der Waals surface area contributed by atoms with E-state index in [2.05, 4.69) is 11.9 Å². The molecule has 19 heavy (non-hydrogen) atoms. The lowest BCUT2D eigenvalue weighted by Gasteiger charge is -2.23. The Hall–Kier alpha value is -0.780. The summed E-state index contributed by atoms with van der Waals surface area (Å²) < 4.78 is 5.81. The van der Waals surface area contributed by atoms with E-state index in [1.807, 2.05) is 36.0 Å². The van der Waals surface area contributed by atoms with Crippen molar-refractivity contribution in [2.45, 2.75) is 12.5 Å². The highest BCUT2D eigenvalue weighted by Crippen LogP contribution is 2.21. The minimum absolute atomic E-state index is 0.385. The maximum absolute atomic E-state index is 5.81. The molecule has 0 saturated carbocycles. The van der Waals surface area contributed by atoms with Gasteiger partial charge in [0, 0.05) is 18.3 Å². The maximum atomic E-state index is 5.81. The number of benzene rings is 1. The molecule has 5 heteroatoms. The molecular weight excluding hydrogens is 276 g/mol. The van der Waals surface area contributed by atoms with E-state index in [9.17, 15) is 0 Å². The fraction of sp³-hybridized carbons (Fsp3) is 0.500. The van der Waals surface area contributed by atoms with Gasteiger partial charge in [-0.2, -0.15) is 11.8 Å². The predicted molar refractivity (Wildman–Crippen MR) is 86.2 cm³/mol. The Balaban J connectivity index is 1.83. The molecule has 1 unspecified atom stereocenters. The number of para-hydroxylation sites is 1. The second-order valence-corrected chi connectivity index (χ2v) is 6.30. The number of nitrogens with zero attached hydrogens (tertiary/aromatic N) is 1. The number of thioether (sulfide) groups is 1. The maximum Gasteiger partial charge on any atom is 0.129 e. The van der Waals surface area contributed by atoms with E-state index in [0.29, 0.717) is 17.6 Å². The molecule has 0 radical (unpaired) electrons. The van der Waals surface area contributed by atoms with Crippen molar-refractivity contribution in [2.24, 2.45) is 5.73 Å². The van der Waals surface area contributed by atoms with E-state index in [0.717, 1.165) is 17.9 Å². The Bertz CT molecular complexity index is 433. The molecule has 2 rings (SSSR count). The summed E-state index contributed by atoms with van der Waals surface area (Å²) in [6.45, 7) is 1.59. The first-order valence-electron chi connectivity index (χ1n) is 6.48. The van der Waals surface area contributed by atoms with E-state index in [1.54, 1.807) is 0 Å². The predicted octanol–water partition coefficient (Wildman–Crippen LogP) is 2.14. The van der Waals surface area contributed by atoms with E-state index in [4.69, 9.17) is 22.7 Å². The van der Waals surface area contributed by atoms with E-state index in [1.165, 1.54) is 17.9 Å². The summed E-state index contributed by atoms with van der Waals surface area (Å²) in [6, 6.07) is 8.37. The topological polar surface area (TPSA) is 38.5 Å². The Labute approximate surface area is 124 Å². The normalized spacial score (nSPS) is 18.7. The third-order valence-corrected chi connectivity index (χ3v) is 4.75. The van der Waals surface area contributed by atoms with Crippen LogP contribution in [0.4, 0.5) is 0 Å². The van der Waals surface area contributed by atoms with Crippen LogP contribution < -0.4 is 10.5 Å². The van der Waals surface area contributed by atoms with Gasteiger partial charge in [-0.1, -0.05) is 24.4 Å². The molecule has 0 spiro atoms. The van der Waals surface area contributed by atoms with Crippen molar-refractivity contribution >= 4 is 29.0 Å². The summed E-state index contributed by atoms with van der Waals surface area (Å²) >= 11 is 7.05. The van der Waals surface area contributed by atoms with Gasteiger partial charge in [0.05, 0.1) is 5.56 Å². The van der Waals surface area contributed by atoms with Crippen molar-refractivity contribution in [3.8, 4) is 5.75 Å². The monoisotopic (exact) mass is 296 g/mol. The largest absolute Gasteiger partial charge is 0.492 e. The van der Waals surface area contributed by atoms with E-state index < -0.39 is 0 Å². The molecule has 1 fully saturated rings. The molecule has 0 aliphatic carbocycles. The van der Waals surface area contributed by atoms with Gasteiger partial charge >= 0.3 is 0 Å². The highest BCUT2D eigenvalue weighted by Gasteiger charge is 2.19. The SMILES string of the molecule is CN(CCOc1ccccc1C(N)=S)C1CCSC1. The molecule has 0 amide bonds. The number of rotatable bonds is 6. The summed E-state index contributed by atoms with van der Waals surface area (Å²) in [5.41, 5.74) is 6.50. The molecular formula is C14H20N2OS2. The molecule has 0 aromatic heterocycles. The van der Waals surface area contributed by atoms with Crippen molar-refractivity contribution in [1.82, 2.24) is 4.90 Å². The number of hydrogen-bond acceptors (Lipinski definition) is 4. The van der Waals surface area contributed by atoms with Crippen LogP contribution in [-0.4, -0.2) is 47.6 Å². The van der Waals surface area contributed by atoms with Gasteiger partial charge in [-0.05, 0) is 31.4 Å². The van der Waals surface area contributed by atoms with Crippen LogP contribution in [0.1, 0.15) is 12.0 Å². The van der Waals surface area contributed by atoms with Crippen LogP contribution in [-0.2, 0) is 0 Å². The average Bonchev–Trinajstić information content (AvgIpc) is 2.93. The molecule has 1 heterocycles. The quantitative estimate of drug-likeness (QED) is 0.814. The van der Waals surface area contributed by atoms with Gasteiger partial charge in [0.1, 0.15) is 17.3 Å². The van der Waals surface area contributed by atoms with Crippen LogP contribution >= 0.6 is 24.0 Å². The first-order chi connectivity index (χ1) is 9.18. The summed E-state index contributed by atoms with van der Waals surface area (Å²) in [4.78, 5) is 2.76. The zero-order chi connectivity index (χ0) is 13.7. The summed E-state index contributed by atoms with van der Waals surface area (Å²) in [5, 5.41) is 0. The molecule has 2 N–H and O–H groups in total. The molecule has 3 nitrogen and oxygen atoms in total. The molecule has 1 saturated heterocycles. The third-order valence-electron chi connectivity index (χ3n) is 3.38. The summed E-state index contributed by atoms with van der Waals surface area (Å²) in [7, 11) is 2.17. The van der Waals surface area contributed by atoms with E-state index in [-0.39, 0.29) is 0 Å². The zero-order valence-corrected chi connectivity index (χ0v) is 12.8. The fourth-order valence-electron chi connectivity index (χ4n) is 2.15. The smallest absolute Gasteiger partial charge is 0.129 e. The van der Waals surface area contributed by atoms with Gasteiger partial charge in [-0.15, -0.1) is 0 Å². The van der Waals surface area contributed by atoms with Crippen LogP contribution in [0.15, 0.2) is 24.3 Å². The molecule has 104 valence electrons. The highest BCUT2D eigenvalue weighted by atomic mass is 32.2. The van der Waals surface area contributed by atoms with Crippen LogP contribution in [0.5, 0.6) is 5.75 Å². The summed E-state index contributed by atoms with van der Waals surface area (Å²) in [6.07, 6.45) is 1.28. The van der Waals surface area contributed by atoms with Gasteiger partial charge < -0.3 is 10.5 Å². The Kier molecular flexibility index (Phi) is 5.48. The first kappa shape index (κ1) is 14.6. The first-order valence-corrected chi connectivity index (χ1v) is 8.04. The molecule has 1 aliphatic rings. The van der Waals surface area contributed by atoms with Crippen LogP contribution in [0, 0.1) is 0 Å². The van der Waals surface area contributed by atoms with Crippen molar-refractivity contribution in [3.63, 3.8) is 0 Å². The van der Waals surface area contributed by atoms with Crippen LogP contribution in [0.2, 0.25) is 0 Å². The minimum atomic E-state index is 0.385. The van der Waals surface area contributed by atoms with Crippen molar-refractivity contribution < 1.29 is 4.74 Å². The number of thiocarbonyl (C=S) groups is 1. The lowest BCUT2D eigenvalue weighted by atomic mass is 10.2. The number of ether oxygens (including phenoxy) is 1. The number of likely N-dealkylation sites (N-methyl/N-ethyl adjacent to an activating group) is 1. The van der Waals surface area contributed by atoms with Crippen LogP contribution in [0.25, 0.3) is 0 Å². The molecule has 1 aliphatic heterocycles. The fourth-order valence-corrected chi connectivity index (χ4v) is 3.62. The zero-order valence-electron chi connectivity index (χ0n) is 11.2. The standard InChI is InChI=1S/C14H20N2OS2/c1-16(11-6-9-19-10-11)7-8-17-13-5-3-2-4-12(13)14(15)18/h2-5,11H,6-10H2,1H3,(H2,15,18). The van der Waals surface area contributed by atoms with Crippen LogP contribution in [0.3, 0.4) is 0 Å². The van der Waals surface area contributed by atoms with Gasteiger partial charge in [-0.25, -0.2) is 0 Å². The van der Waals surface area contributed by atoms with Gasteiger partial charge in [0.15, 0.2) is 0 Å². The van der Waals surface area contributed by atoms with Gasteiger partial charge in [0.25, 0.3) is 0 Å². The lowest BCUT2D eigenvalue weighted by molar-refractivity contribution is 0.202. The highest BCUT2D eigenvalue weighted by molar-refractivity contribution is 7.99. The number of nitrogens with two attached hydrogens (primary N) is 1. The Morgan fingerprint density at radius 1 is 1.53 bits per heavy atom. The average molecular weight is 296 g/mol. The molecule has 1 aromatic rings. The molecule has 1 atom stereocenters. The Morgan fingerprint density at radius 3 is 3.00 bits per heavy atom. The lowest BCUT2D eigenvalue weighted by Crippen LogP contribution is -2.34.